The number of nitrogens with one attached hydrogen (secondary N) is 2. The van der Waals surface area contributed by atoms with Gasteiger partial charge >= 0.3 is 12.3 Å². The molecule has 0 spiro atoms. The molecule has 0 aliphatic carbocycles. The quantitative estimate of drug-likeness (QED) is 0.249. The lowest BCUT2D eigenvalue weighted by Crippen LogP contribution is -2.41. The Hall–Kier alpha value is -5.60. The van der Waals surface area contributed by atoms with Crippen LogP contribution in [0.5, 0.6) is 0 Å². The summed E-state index contributed by atoms with van der Waals surface area (Å²) in [6.07, 6.45) is 4.42. The molecular weight excluding hydrogens is 869 g/mol. The van der Waals surface area contributed by atoms with Crippen molar-refractivity contribution in [1.82, 2.24) is 20.4 Å². The van der Waals surface area contributed by atoms with Crippen molar-refractivity contribution in [3.8, 4) is 0 Å². The first-order chi connectivity index (χ1) is 29.9. The molecule has 2 heterocycles. The van der Waals surface area contributed by atoms with Crippen LogP contribution in [0.4, 0.5) is 0 Å². The molecule has 67 heavy (non-hydrogen) atoms. The van der Waals surface area contributed by atoms with E-state index in [1.165, 1.54) is 19.1 Å². The third-order valence-corrected chi connectivity index (χ3v) is 10.1. The summed E-state index contributed by atoms with van der Waals surface area (Å²) in [6, 6.07) is 0. The van der Waals surface area contributed by atoms with Crippen molar-refractivity contribution in [3.63, 3.8) is 0 Å². The van der Waals surface area contributed by atoms with E-state index in [0.29, 0.717) is 6.42 Å². The van der Waals surface area contributed by atoms with Gasteiger partial charge in [-0.2, -0.15) is 19.2 Å². The molecule has 2 N–H and O–H groups in total. The standard InChI is InChI=1S/C14H23NO3.C13H25NO2.C10H13NO3.C10H19NO2.2CO2/c1-13(2,3)9-7-11(17)15(12(9)18)8-10(16)14(4,5)6;1-9(12(2,3)4)11(16)14-8-10(15)13(5,6)7;1-10(2,3)7(12)6-11-8(13)4-5-9(11)14;1-8(12)7-11-9(13)5-6-10(2,3)4;2*2-1-3/h9H,7-8H2,1-6H3;9H,8H2,1-7H3,(H,14,16);4-5H,6H2,1-3H3;5-7H2,1-4H3,(H,11,13);;. The van der Waals surface area contributed by atoms with Gasteiger partial charge in [-0.25, -0.2) is 0 Å². The van der Waals surface area contributed by atoms with Gasteiger partial charge in [0.1, 0.15) is 5.78 Å². The van der Waals surface area contributed by atoms with E-state index in [9.17, 15) is 47.9 Å². The van der Waals surface area contributed by atoms with Crippen LogP contribution in [0, 0.1) is 44.3 Å². The summed E-state index contributed by atoms with van der Waals surface area (Å²) < 4.78 is 0. The molecule has 2 aliphatic rings. The van der Waals surface area contributed by atoms with Gasteiger partial charge in [0.05, 0.1) is 32.1 Å². The van der Waals surface area contributed by atoms with Crippen molar-refractivity contribution in [2.45, 2.75) is 158 Å². The normalized spacial score (nSPS) is 15.1. The fraction of sp³-hybridized carbons (Fsp3) is 0.714. The summed E-state index contributed by atoms with van der Waals surface area (Å²) in [5.41, 5.74) is -1.59. The van der Waals surface area contributed by atoms with Crippen LogP contribution >= 0.6 is 0 Å². The molecule has 2 rings (SSSR count). The van der Waals surface area contributed by atoms with Crippen molar-refractivity contribution in [1.29, 1.82) is 0 Å². The summed E-state index contributed by atoms with van der Waals surface area (Å²) >= 11 is 0. The molecule has 380 valence electrons. The number of likely N-dealkylation sites (tertiary alicyclic amines) is 1. The molecule has 0 saturated carbocycles. The maximum Gasteiger partial charge on any atom is 0.373 e. The minimum atomic E-state index is -0.527. The first-order valence-electron chi connectivity index (χ1n) is 21.9. The summed E-state index contributed by atoms with van der Waals surface area (Å²) in [6.45, 7) is 37.8. The number of hydrogen-bond donors (Lipinski definition) is 2. The molecule has 0 aromatic rings. The molecule has 1 saturated heterocycles. The van der Waals surface area contributed by atoms with Gasteiger partial charge in [0.2, 0.25) is 23.6 Å². The number of imide groups is 2. The van der Waals surface area contributed by atoms with Crippen LogP contribution in [0.15, 0.2) is 12.2 Å². The fourth-order valence-electron chi connectivity index (χ4n) is 4.65. The highest BCUT2D eigenvalue weighted by atomic mass is 16.2. The Morgan fingerprint density at radius 1 is 0.612 bits per heavy atom. The molecule has 18 nitrogen and oxygen atoms in total. The van der Waals surface area contributed by atoms with Crippen LogP contribution < -0.4 is 10.6 Å². The Kier molecular flexibility index (Phi) is 29.7. The zero-order valence-corrected chi connectivity index (χ0v) is 43.9. The number of amides is 6. The Morgan fingerprint density at radius 2 is 0.985 bits per heavy atom. The molecule has 1 fully saturated rings. The predicted octanol–water partition coefficient (Wildman–Crippen LogP) is 5.30. The number of hydrogen-bond acceptors (Lipinski definition) is 14. The van der Waals surface area contributed by atoms with Gasteiger partial charge in [0, 0.05) is 47.2 Å². The molecular formula is C49H80N4O14. The average Bonchev–Trinajstić information content (AvgIpc) is 3.62. The smallest absolute Gasteiger partial charge is 0.349 e. The van der Waals surface area contributed by atoms with Crippen molar-refractivity contribution in [2.75, 3.05) is 26.2 Å². The number of Topliss-reactive ketones (excluding diaryl/α,β-unsaturated/α-hetero) is 4. The van der Waals surface area contributed by atoms with Crippen LogP contribution in [-0.4, -0.2) is 107 Å². The van der Waals surface area contributed by atoms with Gasteiger partial charge in [0.15, 0.2) is 17.3 Å². The lowest BCUT2D eigenvalue weighted by atomic mass is 9.80. The Bertz CT molecular complexity index is 1810. The maximum absolute atomic E-state index is 12.2. The fourth-order valence-corrected chi connectivity index (χ4v) is 4.65. The zero-order valence-electron chi connectivity index (χ0n) is 43.9. The van der Waals surface area contributed by atoms with Gasteiger partial charge in [-0.15, -0.1) is 0 Å². The van der Waals surface area contributed by atoms with E-state index in [-0.39, 0.29) is 120 Å². The number of rotatable bonds is 11. The number of nitrogens with zero attached hydrogens (tertiary/aromatic N) is 2. The topological polar surface area (TPSA) is 270 Å². The van der Waals surface area contributed by atoms with Gasteiger partial charge in [-0.05, 0) is 29.6 Å². The molecule has 2 unspecified atom stereocenters. The zero-order chi connectivity index (χ0) is 54.3. The lowest BCUT2D eigenvalue weighted by Gasteiger charge is -2.26. The van der Waals surface area contributed by atoms with Gasteiger partial charge < -0.3 is 10.6 Å². The van der Waals surface area contributed by atoms with Crippen LogP contribution in [0.25, 0.3) is 0 Å². The summed E-state index contributed by atoms with van der Waals surface area (Å²) in [5.74, 6) is -1.90. The molecule has 18 heteroatoms. The van der Waals surface area contributed by atoms with Crippen LogP contribution in [0.2, 0.25) is 0 Å². The maximum atomic E-state index is 12.2. The molecule has 0 radical (unpaired) electrons. The van der Waals surface area contributed by atoms with E-state index < -0.39 is 28.1 Å². The summed E-state index contributed by atoms with van der Waals surface area (Å²) in [7, 11) is 0. The van der Waals surface area contributed by atoms with E-state index >= 15 is 0 Å². The molecule has 2 atom stereocenters. The molecule has 2 aliphatic heterocycles. The minimum absolute atomic E-state index is 0.0101. The molecule has 0 aromatic heterocycles. The van der Waals surface area contributed by atoms with Crippen molar-refractivity contribution < 1.29 is 67.1 Å². The predicted molar refractivity (Wildman–Crippen MR) is 248 cm³/mol. The molecule has 0 aromatic carbocycles. The second kappa shape index (κ2) is 29.2. The Morgan fingerprint density at radius 3 is 1.28 bits per heavy atom. The van der Waals surface area contributed by atoms with Crippen molar-refractivity contribution in [3.05, 3.63) is 12.2 Å². The first kappa shape index (κ1) is 68.0. The van der Waals surface area contributed by atoms with Crippen molar-refractivity contribution in [2.24, 2.45) is 44.3 Å². The number of carbonyl (C=O) groups excluding carboxylic acids is 14. The third kappa shape index (κ3) is 31.1. The van der Waals surface area contributed by atoms with E-state index in [4.69, 9.17) is 19.2 Å². The van der Waals surface area contributed by atoms with Gasteiger partial charge in [-0.3, -0.25) is 57.7 Å². The molecule has 6 amide bonds. The average molecular weight is 949 g/mol. The van der Waals surface area contributed by atoms with Crippen LogP contribution in [-0.2, 0) is 67.1 Å². The van der Waals surface area contributed by atoms with Gasteiger partial charge in [0.25, 0.3) is 11.8 Å². The first-order valence-corrected chi connectivity index (χ1v) is 21.9. The van der Waals surface area contributed by atoms with Crippen LogP contribution in [0.1, 0.15) is 158 Å². The largest absolute Gasteiger partial charge is 0.373 e. The Balaban J connectivity index is -0.000000381. The van der Waals surface area contributed by atoms with E-state index in [0.717, 1.165) is 16.2 Å². The van der Waals surface area contributed by atoms with E-state index in [2.05, 4.69) is 31.4 Å². The minimum Gasteiger partial charge on any atom is -0.349 e. The lowest BCUT2D eigenvalue weighted by molar-refractivity contribution is -0.193. The van der Waals surface area contributed by atoms with Gasteiger partial charge in [-0.1, -0.05) is 132 Å². The van der Waals surface area contributed by atoms with Crippen LogP contribution in [0.3, 0.4) is 0 Å². The highest BCUT2D eigenvalue weighted by molar-refractivity contribution is 6.14. The third-order valence-electron chi connectivity index (χ3n) is 10.1. The highest BCUT2D eigenvalue weighted by Crippen LogP contribution is 2.35. The van der Waals surface area contributed by atoms with E-state index in [1.807, 2.05) is 69.2 Å². The Labute approximate surface area is 397 Å². The number of ketones is 4. The molecule has 0 bridgehead atoms. The summed E-state index contributed by atoms with van der Waals surface area (Å²) in [4.78, 5) is 149. The second-order valence-corrected chi connectivity index (χ2v) is 22.6. The second-order valence-electron chi connectivity index (χ2n) is 22.6. The van der Waals surface area contributed by atoms with E-state index in [1.54, 1.807) is 41.5 Å². The monoisotopic (exact) mass is 949 g/mol. The number of carbonyl (C=O) groups is 10. The van der Waals surface area contributed by atoms with Crippen molar-refractivity contribution >= 4 is 70.9 Å². The highest BCUT2D eigenvalue weighted by Gasteiger charge is 2.45. The summed E-state index contributed by atoms with van der Waals surface area (Å²) in [5, 5.41) is 5.27. The SMILES string of the molecule is CC(=O)CNC(=O)CCC(C)(C)C.CC(C(=O)NCC(=O)C(C)(C)C)C(C)(C)C.CC(C)(C)C(=O)CN1C(=O)C=CC1=O.CC(C)(C)C(=O)CN1C(=O)CC(C(C)(C)C)C1=O.O=C=O.O=C=O.